The van der Waals surface area contributed by atoms with Crippen molar-refractivity contribution in [2.24, 2.45) is 4.99 Å². The topological polar surface area (TPSA) is 44.7 Å². The van der Waals surface area contributed by atoms with Crippen molar-refractivity contribution in [2.75, 3.05) is 18.0 Å². The van der Waals surface area contributed by atoms with E-state index in [-0.39, 0.29) is 11.7 Å². The highest BCUT2D eigenvalue weighted by Crippen LogP contribution is 2.32. The van der Waals surface area contributed by atoms with Crippen LogP contribution in [0.5, 0.6) is 0 Å². The maximum absolute atomic E-state index is 14.7. The summed E-state index contributed by atoms with van der Waals surface area (Å²) < 4.78 is 14.7. The van der Waals surface area contributed by atoms with Gasteiger partial charge in [-0.2, -0.15) is 0 Å². The zero-order chi connectivity index (χ0) is 20.5. The van der Waals surface area contributed by atoms with E-state index in [1.165, 1.54) is 17.8 Å². The maximum atomic E-state index is 14.7. The molecule has 4 rings (SSSR count). The Labute approximate surface area is 178 Å². The molecule has 0 spiro atoms. The van der Waals surface area contributed by atoms with E-state index < -0.39 is 0 Å². The van der Waals surface area contributed by atoms with Crippen molar-refractivity contribution in [2.45, 2.75) is 26.7 Å². The molecule has 1 amide bonds. The van der Waals surface area contributed by atoms with Gasteiger partial charge in [-0.05, 0) is 85.5 Å². The number of benzene rings is 2. The molecule has 150 valence electrons. The highest BCUT2D eigenvalue weighted by atomic mass is 35.5. The van der Waals surface area contributed by atoms with Gasteiger partial charge in [0.25, 0.3) is 5.91 Å². The number of nitrogens with zero attached hydrogens (tertiary/aromatic N) is 2. The van der Waals surface area contributed by atoms with E-state index in [1.807, 2.05) is 26.0 Å². The fraction of sp³-hybridized carbons (Fsp3) is 0.273. The van der Waals surface area contributed by atoms with E-state index in [9.17, 15) is 9.18 Å². The van der Waals surface area contributed by atoms with Crippen molar-refractivity contribution in [1.29, 1.82) is 0 Å². The molecule has 0 aromatic heterocycles. The zero-order valence-electron chi connectivity index (χ0n) is 16.3. The fourth-order valence-electron chi connectivity index (χ4n) is 3.47. The first kappa shape index (κ1) is 20.0. The van der Waals surface area contributed by atoms with Gasteiger partial charge >= 0.3 is 0 Å². The first-order valence-electron chi connectivity index (χ1n) is 9.51. The van der Waals surface area contributed by atoms with E-state index in [1.54, 1.807) is 18.2 Å². The van der Waals surface area contributed by atoms with Crippen LogP contribution in [-0.2, 0) is 4.79 Å². The second kappa shape index (κ2) is 8.20. The summed E-state index contributed by atoms with van der Waals surface area (Å²) in [6.45, 7) is 5.64. The molecule has 0 radical (unpaired) electrons. The summed E-state index contributed by atoms with van der Waals surface area (Å²) in [5.41, 5.74) is 3.95. The Hall–Kier alpha value is -2.31. The van der Waals surface area contributed by atoms with Crippen molar-refractivity contribution in [3.63, 3.8) is 0 Å². The molecule has 0 bridgehead atoms. The first-order chi connectivity index (χ1) is 13.9. The van der Waals surface area contributed by atoms with Crippen LogP contribution < -0.4 is 10.2 Å². The summed E-state index contributed by atoms with van der Waals surface area (Å²) in [7, 11) is 0. The lowest BCUT2D eigenvalue weighted by Crippen LogP contribution is -2.19. The van der Waals surface area contributed by atoms with Gasteiger partial charge in [0.15, 0.2) is 5.17 Å². The van der Waals surface area contributed by atoms with Crippen LogP contribution in [0, 0.1) is 19.7 Å². The second-order valence-corrected chi connectivity index (χ2v) is 8.73. The van der Waals surface area contributed by atoms with Gasteiger partial charge in [-0.1, -0.05) is 17.7 Å². The summed E-state index contributed by atoms with van der Waals surface area (Å²) in [5.74, 6) is -0.493. The van der Waals surface area contributed by atoms with Crippen molar-refractivity contribution >= 4 is 51.9 Å². The summed E-state index contributed by atoms with van der Waals surface area (Å²) in [6, 6.07) is 8.83. The van der Waals surface area contributed by atoms with Gasteiger partial charge in [-0.3, -0.25) is 4.79 Å². The number of hydrogen-bond donors (Lipinski definition) is 1. The number of thioether (sulfide) groups is 1. The number of amidine groups is 1. The van der Waals surface area contributed by atoms with Crippen molar-refractivity contribution in [3.05, 3.63) is 62.8 Å². The monoisotopic (exact) mass is 429 g/mol. The Balaban J connectivity index is 1.60. The van der Waals surface area contributed by atoms with Crippen LogP contribution in [0.2, 0.25) is 5.02 Å². The largest absolute Gasteiger partial charge is 0.369 e. The molecule has 1 N–H and O–H groups in total. The van der Waals surface area contributed by atoms with Crippen molar-refractivity contribution in [3.8, 4) is 0 Å². The molecule has 2 aliphatic rings. The van der Waals surface area contributed by atoms with Crippen LogP contribution in [0.3, 0.4) is 0 Å². The number of hydrogen-bond acceptors (Lipinski definition) is 4. The number of halogens is 2. The third kappa shape index (κ3) is 4.33. The van der Waals surface area contributed by atoms with E-state index in [0.717, 1.165) is 37.1 Å². The molecule has 4 nitrogen and oxygen atoms in total. The van der Waals surface area contributed by atoms with Gasteiger partial charge < -0.3 is 10.2 Å². The molecule has 0 unspecified atom stereocenters. The molecule has 2 saturated heterocycles. The van der Waals surface area contributed by atoms with Gasteiger partial charge in [-0.15, -0.1) is 0 Å². The molecule has 7 heteroatoms. The van der Waals surface area contributed by atoms with Crippen LogP contribution in [0.4, 0.5) is 15.8 Å². The number of aryl methyl sites for hydroxylation is 2. The van der Waals surface area contributed by atoms with Crippen molar-refractivity contribution in [1.82, 2.24) is 5.32 Å². The third-order valence-corrected chi connectivity index (χ3v) is 6.26. The first-order valence-corrected chi connectivity index (χ1v) is 10.7. The summed E-state index contributed by atoms with van der Waals surface area (Å²) in [5, 5.41) is 3.84. The molecular formula is C22H21ClFN3OS. The summed E-state index contributed by atoms with van der Waals surface area (Å²) in [6.07, 6.45) is 3.91. The maximum Gasteiger partial charge on any atom is 0.264 e. The van der Waals surface area contributed by atoms with Gasteiger partial charge in [0.1, 0.15) is 5.82 Å². The third-order valence-electron chi connectivity index (χ3n) is 5.11. The van der Waals surface area contributed by atoms with E-state index in [4.69, 9.17) is 11.6 Å². The molecule has 2 heterocycles. The minimum atomic E-state index is -0.254. The lowest BCUT2D eigenvalue weighted by atomic mass is 10.1. The van der Waals surface area contributed by atoms with E-state index >= 15 is 0 Å². The van der Waals surface area contributed by atoms with Crippen LogP contribution in [0.15, 0.2) is 40.2 Å². The minimum absolute atomic E-state index is 0.239. The van der Waals surface area contributed by atoms with Gasteiger partial charge in [0, 0.05) is 18.1 Å². The molecule has 2 aliphatic heterocycles. The molecule has 2 aromatic rings. The lowest BCUT2D eigenvalue weighted by molar-refractivity contribution is -0.115. The van der Waals surface area contributed by atoms with Crippen LogP contribution in [-0.4, -0.2) is 24.2 Å². The van der Waals surface area contributed by atoms with Gasteiger partial charge in [0.2, 0.25) is 0 Å². The molecule has 2 aromatic carbocycles. The van der Waals surface area contributed by atoms with Crippen LogP contribution in [0.25, 0.3) is 6.08 Å². The second-order valence-electron chi connectivity index (χ2n) is 7.27. The Kier molecular flexibility index (Phi) is 5.65. The lowest BCUT2D eigenvalue weighted by Gasteiger charge is -2.19. The standard InChI is InChI=1S/C22H21ClFN3OS/c1-13-5-6-16(23)12-18(13)25-22-26-21(28)20(29-22)11-15-10-17(24)19(9-14(15)2)27-7-3-4-8-27/h5-6,9-12H,3-4,7-8H2,1-2H3,(H,25,26,28). The Morgan fingerprint density at radius 2 is 1.93 bits per heavy atom. The molecule has 2 fully saturated rings. The smallest absolute Gasteiger partial charge is 0.264 e. The van der Waals surface area contributed by atoms with Gasteiger partial charge in [0.05, 0.1) is 16.3 Å². The number of amides is 1. The van der Waals surface area contributed by atoms with Crippen LogP contribution >= 0.6 is 23.4 Å². The molecule has 0 aliphatic carbocycles. The summed E-state index contributed by atoms with van der Waals surface area (Å²) in [4.78, 5) is 19.5. The fourth-order valence-corrected chi connectivity index (χ4v) is 4.46. The SMILES string of the molecule is Cc1cc(N2CCCC2)c(F)cc1C=C1SC(=Nc2cc(Cl)ccc2C)NC1=O. The minimum Gasteiger partial charge on any atom is -0.369 e. The Morgan fingerprint density at radius 1 is 1.17 bits per heavy atom. The molecule has 0 saturated carbocycles. The average Bonchev–Trinajstić information content (AvgIpc) is 3.31. The number of aliphatic imine (C=N–C) groups is 1. The predicted molar refractivity (Wildman–Crippen MR) is 120 cm³/mol. The molecular weight excluding hydrogens is 409 g/mol. The van der Waals surface area contributed by atoms with E-state index in [0.29, 0.717) is 32.0 Å². The number of nitrogens with one attached hydrogen (secondary N) is 1. The quantitative estimate of drug-likeness (QED) is 0.647. The average molecular weight is 430 g/mol. The summed E-state index contributed by atoms with van der Waals surface area (Å²) >= 11 is 7.29. The number of anilines is 1. The Bertz CT molecular complexity index is 1040. The zero-order valence-corrected chi connectivity index (χ0v) is 17.8. The van der Waals surface area contributed by atoms with E-state index in [2.05, 4.69) is 15.2 Å². The normalized spacial score (nSPS) is 19.4. The Morgan fingerprint density at radius 3 is 2.69 bits per heavy atom. The van der Waals surface area contributed by atoms with Crippen LogP contribution in [0.1, 0.15) is 29.5 Å². The molecule has 29 heavy (non-hydrogen) atoms. The van der Waals surface area contributed by atoms with Gasteiger partial charge in [-0.25, -0.2) is 9.38 Å². The number of rotatable bonds is 3. The van der Waals surface area contributed by atoms with Crippen molar-refractivity contribution < 1.29 is 9.18 Å². The number of carbonyl (C=O) groups is 1. The number of carbonyl (C=O) groups excluding carboxylic acids is 1. The highest BCUT2D eigenvalue weighted by Gasteiger charge is 2.25. The highest BCUT2D eigenvalue weighted by molar-refractivity contribution is 8.18. The predicted octanol–water partition coefficient (Wildman–Crippen LogP) is 5.59. The molecule has 0 atom stereocenters.